The normalized spacial score (nSPS) is 11.8. The fourth-order valence-electron chi connectivity index (χ4n) is 1.37. The number of rotatable bonds is 4. The van der Waals surface area contributed by atoms with E-state index >= 15 is 0 Å². The van der Waals surface area contributed by atoms with Crippen LogP contribution >= 0.6 is 24.0 Å². The van der Waals surface area contributed by atoms with E-state index < -0.39 is 5.82 Å². The third-order valence-electron chi connectivity index (χ3n) is 2.28. The summed E-state index contributed by atoms with van der Waals surface area (Å²) in [6, 6.07) is 3.15. The first-order chi connectivity index (χ1) is 7.08. The van der Waals surface area contributed by atoms with E-state index in [1.165, 1.54) is 13.2 Å². The average molecular weight is 268 g/mol. The highest BCUT2D eigenvalue weighted by atomic mass is 35.5. The lowest BCUT2D eigenvalue weighted by atomic mass is 10.0. The van der Waals surface area contributed by atoms with Crippen LogP contribution in [0.25, 0.3) is 0 Å². The molecule has 0 aliphatic heterocycles. The van der Waals surface area contributed by atoms with E-state index in [1.807, 2.05) is 6.92 Å². The zero-order valence-electron chi connectivity index (χ0n) is 9.30. The van der Waals surface area contributed by atoms with Crippen LogP contribution in [0.1, 0.15) is 18.9 Å². The molecule has 2 N–H and O–H groups in total. The number of halogens is 3. The molecule has 0 aromatic heterocycles. The molecule has 0 amide bonds. The van der Waals surface area contributed by atoms with Gasteiger partial charge in [-0.15, -0.1) is 12.4 Å². The lowest BCUT2D eigenvalue weighted by Gasteiger charge is -2.11. The van der Waals surface area contributed by atoms with Crippen molar-refractivity contribution in [3.63, 3.8) is 0 Å². The average Bonchev–Trinajstić information content (AvgIpc) is 2.17. The molecule has 0 radical (unpaired) electrons. The first-order valence-electron chi connectivity index (χ1n) is 4.86. The molecular formula is C11H16Cl2FNO. The largest absolute Gasteiger partial charge is 0.492 e. The third kappa shape index (κ3) is 3.81. The minimum absolute atomic E-state index is 0. The van der Waals surface area contributed by atoms with Crippen molar-refractivity contribution in [3.05, 3.63) is 28.5 Å². The summed E-state index contributed by atoms with van der Waals surface area (Å²) in [6.07, 6.45) is 1.47. The minimum atomic E-state index is -0.441. The molecule has 0 aliphatic carbocycles. The molecule has 1 unspecified atom stereocenters. The van der Waals surface area contributed by atoms with E-state index in [-0.39, 0.29) is 29.2 Å². The van der Waals surface area contributed by atoms with E-state index in [0.29, 0.717) is 6.42 Å². The Kier molecular flexibility index (Phi) is 6.72. The van der Waals surface area contributed by atoms with Crippen molar-refractivity contribution in [1.29, 1.82) is 0 Å². The van der Waals surface area contributed by atoms with Crippen molar-refractivity contribution in [1.82, 2.24) is 0 Å². The van der Waals surface area contributed by atoms with E-state index in [4.69, 9.17) is 22.1 Å². The maximum absolute atomic E-state index is 13.4. The highest BCUT2D eigenvalue weighted by molar-refractivity contribution is 6.32. The fraction of sp³-hybridized carbons (Fsp3) is 0.455. The van der Waals surface area contributed by atoms with E-state index in [1.54, 1.807) is 6.07 Å². The maximum Gasteiger partial charge on any atom is 0.173 e. The fourth-order valence-corrected chi connectivity index (χ4v) is 1.68. The summed E-state index contributed by atoms with van der Waals surface area (Å²) in [6.45, 7) is 1.99. The van der Waals surface area contributed by atoms with Crippen LogP contribution in [0.2, 0.25) is 5.02 Å². The van der Waals surface area contributed by atoms with Gasteiger partial charge in [0.15, 0.2) is 11.6 Å². The van der Waals surface area contributed by atoms with Gasteiger partial charge in [0.05, 0.1) is 12.1 Å². The molecule has 2 nitrogen and oxygen atoms in total. The molecule has 1 atom stereocenters. The topological polar surface area (TPSA) is 35.2 Å². The highest BCUT2D eigenvalue weighted by Gasteiger charge is 2.11. The predicted octanol–water partition coefficient (Wildman–Crippen LogP) is 3.19. The summed E-state index contributed by atoms with van der Waals surface area (Å²) in [5.41, 5.74) is 6.58. The zero-order chi connectivity index (χ0) is 11.4. The molecule has 0 heterocycles. The Morgan fingerprint density at radius 1 is 1.50 bits per heavy atom. The van der Waals surface area contributed by atoms with Crippen molar-refractivity contribution < 1.29 is 9.13 Å². The van der Waals surface area contributed by atoms with Gasteiger partial charge in [0.25, 0.3) is 0 Å². The first kappa shape index (κ1) is 15.5. The van der Waals surface area contributed by atoms with Crippen LogP contribution in [0.3, 0.4) is 0 Å². The van der Waals surface area contributed by atoms with E-state index in [0.717, 1.165) is 12.0 Å². The smallest absolute Gasteiger partial charge is 0.173 e. The maximum atomic E-state index is 13.4. The van der Waals surface area contributed by atoms with Gasteiger partial charge in [-0.1, -0.05) is 18.5 Å². The van der Waals surface area contributed by atoms with Gasteiger partial charge in [-0.25, -0.2) is 4.39 Å². The monoisotopic (exact) mass is 267 g/mol. The molecule has 0 spiro atoms. The molecule has 0 bridgehead atoms. The van der Waals surface area contributed by atoms with Gasteiger partial charge < -0.3 is 10.5 Å². The molecule has 5 heteroatoms. The summed E-state index contributed by atoms with van der Waals surface area (Å²) >= 11 is 5.86. The number of benzene rings is 1. The highest BCUT2D eigenvalue weighted by Crippen LogP contribution is 2.29. The van der Waals surface area contributed by atoms with Crippen molar-refractivity contribution in [2.45, 2.75) is 25.8 Å². The van der Waals surface area contributed by atoms with Crippen LogP contribution < -0.4 is 10.5 Å². The van der Waals surface area contributed by atoms with Gasteiger partial charge in [0, 0.05) is 6.04 Å². The Morgan fingerprint density at radius 3 is 2.56 bits per heavy atom. The Labute approximate surface area is 106 Å². The standard InChI is InChI=1S/C11H15ClFNO.ClH/c1-3-8(14)4-7-5-9(12)11(15-2)10(13)6-7;/h5-6,8H,3-4,14H2,1-2H3;1H. The molecule has 1 aromatic carbocycles. The Morgan fingerprint density at radius 2 is 2.12 bits per heavy atom. The Hall–Kier alpha value is -0.510. The molecule has 0 fully saturated rings. The van der Waals surface area contributed by atoms with Gasteiger partial charge in [-0.3, -0.25) is 0 Å². The molecule has 16 heavy (non-hydrogen) atoms. The quantitative estimate of drug-likeness (QED) is 0.910. The minimum Gasteiger partial charge on any atom is -0.492 e. The van der Waals surface area contributed by atoms with Gasteiger partial charge in [0.1, 0.15) is 0 Å². The van der Waals surface area contributed by atoms with Crippen LogP contribution in [0.4, 0.5) is 4.39 Å². The van der Waals surface area contributed by atoms with Gasteiger partial charge in [0.2, 0.25) is 0 Å². The van der Waals surface area contributed by atoms with Crippen LogP contribution in [0, 0.1) is 5.82 Å². The number of methoxy groups -OCH3 is 1. The van der Waals surface area contributed by atoms with Crippen LogP contribution in [0.5, 0.6) is 5.75 Å². The molecule has 1 rings (SSSR count). The Bertz CT molecular complexity index is 324. The molecule has 0 saturated heterocycles. The van der Waals surface area contributed by atoms with Crippen LogP contribution in [-0.4, -0.2) is 13.2 Å². The SMILES string of the molecule is CCC(N)Cc1cc(F)c(OC)c(Cl)c1.Cl. The Balaban J connectivity index is 0.00000225. The van der Waals surface area contributed by atoms with Crippen molar-refractivity contribution in [2.75, 3.05) is 7.11 Å². The van der Waals surface area contributed by atoms with Gasteiger partial charge >= 0.3 is 0 Å². The zero-order valence-corrected chi connectivity index (χ0v) is 10.9. The first-order valence-corrected chi connectivity index (χ1v) is 5.23. The second-order valence-corrected chi connectivity index (χ2v) is 3.87. The number of hydrogen-bond acceptors (Lipinski definition) is 2. The molecular weight excluding hydrogens is 252 g/mol. The summed E-state index contributed by atoms with van der Waals surface area (Å²) in [5, 5.41) is 0.288. The molecule has 92 valence electrons. The van der Waals surface area contributed by atoms with Crippen molar-refractivity contribution in [3.8, 4) is 5.75 Å². The van der Waals surface area contributed by atoms with Crippen molar-refractivity contribution >= 4 is 24.0 Å². The number of hydrogen-bond donors (Lipinski definition) is 1. The van der Waals surface area contributed by atoms with Gasteiger partial charge in [-0.2, -0.15) is 0 Å². The van der Waals surface area contributed by atoms with Gasteiger partial charge in [-0.05, 0) is 30.5 Å². The summed E-state index contributed by atoms with van der Waals surface area (Å²) in [4.78, 5) is 0. The van der Waals surface area contributed by atoms with Crippen LogP contribution in [-0.2, 0) is 6.42 Å². The summed E-state index contributed by atoms with van der Waals surface area (Å²) in [5.74, 6) is -0.353. The number of ether oxygens (including phenoxy) is 1. The number of nitrogens with two attached hydrogens (primary N) is 1. The van der Waals surface area contributed by atoms with Crippen molar-refractivity contribution in [2.24, 2.45) is 5.73 Å². The summed E-state index contributed by atoms with van der Waals surface area (Å²) < 4.78 is 18.2. The molecule has 0 saturated carbocycles. The second-order valence-electron chi connectivity index (χ2n) is 3.47. The second kappa shape index (κ2) is 6.94. The predicted molar refractivity (Wildman–Crippen MR) is 67.2 cm³/mol. The lowest BCUT2D eigenvalue weighted by molar-refractivity contribution is 0.386. The molecule has 1 aromatic rings. The van der Waals surface area contributed by atoms with Crippen LogP contribution in [0.15, 0.2) is 12.1 Å². The summed E-state index contributed by atoms with van der Waals surface area (Å²) in [7, 11) is 1.39. The molecule has 0 aliphatic rings. The van der Waals surface area contributed by atoms with E-state index in [9.17, 15) is 4.39 Å². The third-order valence-corrected chi connectivity index (χ3v) is 2.57. The van der Waals surface area contributed by atoms with E-state index in [2.05, 4.69) is 0 Å². The lowest BCUT2D eigenvalue weighted by Crippen LogP contribution is -2.21.